The Hall–Kier alpha value is -3.31. The van der Waals surface area contributed by atoms with E-state index in [2.05, 4.69) is 22.0 Å². The number of nitrogens with zero attached hydrogens (tertiary/aromatic N) is 1. The van der Waals surface area contributed by atoms with E-state index < -0.39 is 5.92 Å². The second kappa shape index (κ2) is 9.67. The van der Waals surface area contributed by atoms with Crippen molar-refractivity contribution in [2.45, 2.75) is 38.7 Å². The van der Waals surface area contributed by atoms with Gasteiger partial charge in [-0.1, -0.05) is 12.1 Å². The van der Waals surface area contributed by atoms with Crippen molar-refractivity contribution in [2.24, 2.45) is 5.73 Å². The van der Waals surface area contributed by atoms with E-state index in [4.69, 9.17) is 19.9 Å². The molecule has 1 aliphatic heterocycles. The summed E-state index contributed by atoms with van der Waals surface area (Å²) in [5.74, 6) is 0.455. The molecule has 0 saturated heterocycles. The van der Waals surface area contributed by atoms with Crippen molar-refractivity contribution in [3.63, 3.8) is 0 Å². The largest absolute Gasteiger partial charge is 0.490 e. The maximum absolute atomic E-state index is 13.2. The minimum absolute atomic E-state index is 0.0154. The third kappa shape index (κ3) is 4.60. The van der Waals surface area contributed by atoms with Gasteiger partial charge in [-0.05, 0) is 64.7 Å². The highest BCUT2D eigenvalue weighted by molar-refractivity contribution is 9.10. The van der Waals surface area contributed by atoms with Gasteiger partial charge in [-0.15, -0.1) is 0 Å². The van der Waals surface area contributed by atoms with Crippen LogP contribution in [0, 0.1) is 17.1 Å². The van der Waals surface area contributed by atoms with Crippen molar-refractivity contribution >= 4 is 21.7 Å². The predicted octanol–water partition coefficient (Wildman–Crippen LogP) is 5.38. The van der Waals surface area contributed by atoms with Crippen molar-refractivity contribution in [3.8, 4) is 17.6 Å². The average Bonchev–Trinajstić information content (AvgIpc) is 2.79. The molecular weight excluding hydrogens is 491 g/mol. The van der Waals surface area contributed by atoms with Gasteiger partial charge in [0.05, 0.1) is 17.0 Å². The second-order valence-electron chi connectivity index (χ2n) is 7.72. The number of halogens is 2. The summed E-state index contributed by atoms with van der Waals surface area (Å²) in [5.41, 5.74) is 8.19. The van der Waals surface area contributed by atoms with Crippen LogP contribution in [-0.4, -0.2) is 12.4 Å². The number of carbonyl (C=O) groups excluding carboxylic acids is 1. The van der Waals surface area contributed by atoms with Crippen LogP contribution in [0.4, 0.5) is 4.39 Å². The topological polar surface area (TPSA) is 94.6 Å². The van der Waals surface area contributed by atoms with Crippen molar-refractivity contribution in [1.29, 1.82) is 5.26 Å². The minimum Gasteiger partial charge on any atom is -0.490 e. The lowest BCUT2D eigenvalue weighted by Gasteiger charge is -2.31. The summed E-state index contributed by atoms with van der Waals surface area (Å²) in [6.45, 7) is 2.44. The summed E-state index contributed by atoms with van der Waals surface area (Å²) >= 11 is 3.55. The highest BCUT2D eigenvalue weighted by atomic mass is 79.9. The molecule has 33 heavy (non-hydrogen) atoms. The Morgan fingerprint density at radius 3 is 2.70 bits per heavy atom. The zero-order valence-electron chi connectivity index (χ0n) is 18.0. The quantitative estimate of drug-likeness (QED) is 0.558. The molecule has 0 radical (unpaired) electrons. The van der Waals surface area contributed by atoms with Gasteiger partial charge in [0.1, 0.15) is 29.8 Å². The van der Waals surface area contributed by atoms with E-state index >= 15 is 0 Å². The molecule has 0 fully saturated rings. The fourth-order valence-corrected chi connectivity index (χ4v) is 4.66. The standard InChI is InChI=1S/C25H22BrFN2O4/c1-2-31-21-11-15(10-18(26)24(21)32-13-14-6-8-16(27)9-7-14)22-17(12-28)25(29)33-20-5-3-4-19(30)23(20)22/h6-11,22H,2-5,13,29H2,1H3/t22-/m1/s1. The number of carbonyl (C=O) groups is 1. The maximum Gasteiger partial charge on any atom is 0.205 e. The van der Waals surface area contributed by atoms with Gasteiger partial charge in [0, 0.05) is 18.4 Å². The Labute approximate surface area is 199 Å². The van der Waals surface area contributed by atoms with E-state index in [-0.39, 0.29) is 29.7 Å². The van der Waals surface area contributed by atoms with Crippen LogP contribution < -0.4 is 15.2 Å². The monoisotopic (exact) mass is 512 g/mol. The third-order valence-corrected chi connectivity index (χ3v) is 6.16. The van der Waals surface area contributed by atoms with Gasteiger partial charge < -0.3 is 19.9 Å². The fourth-order valence-electron chi connectivity index (χ4n) is 4.08. The number of ketones is 1. The molecule has 2 aromatic rings. The zero-order valence-corrected chi connectivity index (χ0v) is 19.6. The van der Waals surface area contributed by atoms with Crippen molar-refractivity contribution < 1.29 is 23.4 Å². The summed E-state index contributed by atoms with van der Waals surface area (Å²) in [6, 6.07) is 11.7. The molecule has 2 aromatic carbocycles. The van der Waals surface area contributed by atoms with E-state index in [9.17, 15) is 14.4 Å². The molecule has 0 unspecified atom stereocenters. The normalized spacial score (nSPS) is 17.9. The van der Waals surface area contributed by atoms with Crippen LogP contribution in [0.3, 0.4) is 0 Å². The van der Waals surface area contributed by atoms with Crippen LogP contribution >= 0.6 is 15.9 Å². The molecular formula is C25H22BrFN2O4. The molecule has 0 amide bonds. The van der Waals surface area contributed by atoms with E-state index in [1.54, 1.807) is 24.3 Å². The second-order valence-corrected chi connectivity index (χ2v) is 8.57. The van der Waals surface area contributed by atoms with Crippen molar-refractivity contribution in [3.05, 3.63) is 80.6 Å². The molecule has 4 rings (SSSR count). The van der Waals surface area contributed by atoms with Crippen LogP contribution in [0.5, 0.6) is 11.5 Å². The minimum atomic E-state index is -0.645. The van der Waals surface area contributed by atoms with Crippen LogP contribution in [0.1, 0.15) is 43.2 Å². The summed E-state index contributed by atoms with van der Waals surface area (Å²) in [7, 11) is 0. The number of hydrogen-bond donors (Lipinski definition) is 1. The van der Waals surface area contributed by atoms with Crippen LogP contribution in [0.2, 0.25) is 0 Å². The smallest absolute Gasteiger partial charge is 0.205 e. The van der Waals surface area contributed by atoms with Crippen molar-refractivity contribution in [1.82, 2.24) is 0 Å². The maximum atomic E-state index is 13.2. The lowest BCUT2D eigenvalue weighted by molar-refractivity contribution is -0.116. The number of rotatable bonds is 6. The van der Waals surface area contributed by atoms with Gasteiger partial charge in [0.15, 0.2) is 17.3 Å². The highest BCUT2D eigenvalue weighted by Crippen LogP contribution is 2.47. The number of ether oxygens (including phenoxy) is 3. The molecule has 0 spiro atoms. The molecule has 1 aliphatic carbocycles. The first-order valence-corrected chi connectivity index (χ1v) is 11.4. The summed E-state index contributed by atoms with van der Waals surface area (Å²) in [6.07, 6.45) is 1.68. The number of nitriles is 1. The van der Waals surface area contributed by atoms with Gasteiger partial charge in [-0.2, -0.15) is 5.26 Å². The molecule has 0 bridgehead atoms. The van der Waals surface area contributed by atoms with Gasteiger partial charge in [0.2, 0.25) is 5.88 Å². The van der Waals surface area contributed by atoms with Gasteiger partial charge in [-0.3, -0.25) is 4.79 Å². The lowest BCUT2D eigenvalue weighted by atomic mass is 9.77. The fraction of sp³-hybridized carbons (Fsp3) is 0.280. The van der Waals surface area contributed by atoms with Gasteiger partial charge >= 0.3 is 0 Å². The third-order valence-electron chi connectivity index (χ3n) is 5.57. The Morgan fingerprint density at radius 2 is 2.00 bits per heavy atom. The Morgan fingerprint density at radius 1 is 1.24 bits per heavy atom. The van der Waals surface area contributed by atoms with E-state index in [1.165, 1.54) is 12.1 Å². The first-order chi connectivity index (χ1) is 15.9. The molecule has 8 heteroatoms. The lowest BCUT2D eigenvalue weighted by Crippen LogP contribution is -2.27. The Balaban J connectivity index is 1.75. The van der Waals surface area contributed by atoms with Gasteiger partial charge in [-0.25, -0.2) is 4.39 Å². The zero-order chi connectivity index (χ0) is 23.5. The molecule has 170 valence electrons. The first-order valence-electron chi connectivity index (χ1n) is 10.6. The molecule has 0 aromatic heterocycles. The Kier molecular flexibility index (Phi) is 6.70. The van der Waals surface area contributed by atoms with E-state index in [1.807, 2.05) is 6.92 Å². The molecule has 1 heterocycles. The molecule has 2 N–H and O–H groups in total. The van der Waals surface area contributed by atoms with E-state index in [0.717, 1.165) is 5.56 Å². The summed E-state index contributed by atoms with van der Waals surface area (Å²) < 4.78 is 31.3. The number of benzene rings is 2. The summed E-state index contributed by atoms with van der Waals surface area (Å²) in [4.78, 5) is 12.8. The predicted molar refractivity (Wildman–Crippen MR) is 123 cm³/mol. The number of Topliss-reactive ketones (excluding diaryl/α,β-unsaturated/α-hetero) is 1. The Bertz CT molecular complexity index is 1200. The summed E-state index contributed by atoms with van der Waals surface area (Å²) in [5, 5.41) is 9.80. The molecule has 0 saturated carbocycles. The SMILES string of the molecule is CCOc1cc([C@@H]2C(C#N)=C(N)OC3=C2C(=O)CCC3)cc(Br)c1OCc1ccc(F)cc1. The molecule has 2 aliphatic rings. The van der Waals surface area contributed by atoms with Crippen LogP contribution in [0.15, 0.2) is 63.7 Å². The number of nitrogens with two attached hydrogens (primary N) is 1. The molecule has 6 nitrogen and oxygen atoms in total. The average molecular weight is 513 g/mol. The van der Waals surface area contributed by atoms with Gasteiger partial charge in [0.25, 0.3) is 0 Å². The first kappa shape index (κ1) is 22.9. The van der Waals surface area contributed by atoms with Crippen LogP contribution in [0.25, 0.3) is 0 Å². The van der Waals surface area contributed by atoms with E-state index in [0.29, 0.717) is 58.7 Å². The highest BCUT2D eigenvalue weighted by Gasteiger charge is 2.38. The van der Waals surface area contributed by atoms with Crippen LogP contribution in [-0.2, 0) is 16.1 Å². The molecule has 1 atom stereocenters. The number of allylic oxidation sites excluding steroid dienone is 3. The number of hydrogen-bond acceptors (Lipinski definition) is 6. The van der Waals surface area contributed by atoms with Crippen molar-refractivity contribution in [2.75, 3.05) is 6.61 Å².